The predicted molar refractivity (Wildman–Crippen MR) is 76.1 cm³/mol. The van der Waals surface area contributed by atoms with Gasteiger partial charge < -0.3 is 15.1 Å². The van der Waals surface area contributed by atoms with Crippen molar-refractivity contribution >= 4 is 11.8 Å². The van der Waals surface area contributed by atoms with E-state index in [4.69, 9.17) is 0 Å². The molecule has 5 heteroatoms. The largest absolute Gasteiger partial charge is 0.340 e. The lowest BCUT2D eigenvalue weighted by atomic mass is 9.91. The van der Waals surface area contributed by atoms with Crippen LogP contribution in [0.4, 0.5) is 0 Å². The molecule has 0 spiro atoms. The fraction of sp³-hybridized carbons (Fsp3) is 0.867. The molecule has 2 heterocycles. The average molecular weight is 279 g/mol. The summed E-state index contributed by atoms with van der Waals surface area (Å²) < 4.78 is 0. The molecule has 1 aliphatic carbocycles. The standard InChI is InChI=1S/C15H25N3O2/c1-3-17-7-6-11(8-17)9-18-10-13(19)16-15(2,14(18)20)12-4-5-12/h11-12H,3-10H2,1-2H3,(H,16,19). The third-order valence-corrected chi connectivity index (χ3v) is 5.15. The number of piperazine rings is 1. The Balaban J connectivity index is 1.66. The van der Waals surface area contributed by atoms with Gasteiger partial charge in [-0.3, -0.25) is 9.59 Å². The van der Waals surface area contributed by atoms with Crippen LogP contribution in [0.3, 0.4) is 0 Å². The number of hydrogen-bond acceptors (Lipinski definition) is 3. The van der Waals surface area contributed by atoms with E-state index >= 15 is 0 Å². The Labute approximate surface area is 120 Å². The van der Waals surface area contributed by atoms with Crippen LogP contribution in [0.15, 0.2) is 0 Å². The molecule has 1 N–H and O–H groups in total. The quantitative estimate of drug-likeness (QED) is 0.813. The second-order valence-electron chi connectivity index (χ2n) is 6.76. The zero-order valence-corrected chi connectivity index (χ0v) is 12.5. The van der Waals surface area contributed by atoms with Crippen LogP contribution in [0.1, 0.15) is 33.1 Å². The van der Waals surface area contributed by atoms with Gasteiger partial charge in [0.25, 0.3) is 0 Å². The molecule has 0 aromatic carbocycles. The molecule has 20 heavy (non-hydrogen) atoms. The van der Waals surface area contributed by atoms with Crippen LogP contribution >= 0.6 is 0 Å². The van der Waals surface area contributed by atoms with Crippen molar-refractivity contribution in [1.82, 2.24) is 15.1 Å². The van der Waals surface area contributed by atoms with Crippen LogP contribution in [-0.4, -0.2) is 59.9 Å². The number of likely N-dealkylation sites (tertiary alicyclic amines) is 1. The minimum atomic E-state index is -0.640. The van der Waals surface area contributed by atoms with E-state index in [1.54, 1.807) is 4.90 Å². The predicted octanol–water partition coefficient (Wildman–Crippen LogP) is 0.455. The number of hydrogen-bond donors (Lipinski definition) is 1. The van der Waals surface area contributed by atoms with Gasteiger partial charge in [0.1, 0.15) is 5.54 Å². The first-order chi connectivity index (χ1) is 9.53. The van der Waals surface area contributed by atoms with E-state index < -0.39 is 5.54 Å². The van der Waals surface area contributed by atoms with E-state index in [2.05, 4.69) is 17.1 Å². The van der Waals surface area contributed by atoms with Crippen LogP contribution in [0.5, 0.6) is 0 Å². The fourth-order valence-corrected chi connectivity index (χ4v) is 3.70. The molecule has 3 rings (SSSR count). The Kier molecular flexibility index (Phi) is 3.48. The molecular weight excluding hydrogens is 254 g/mol. The summed E-state index contributed by atoms with van der Waals surface area (Å²) in [5.41, 5.74) is -0.640. The van der Waals surface area contributed by atoms with Crippen LogP contribution in [0.2, 0.25) is 0 Å². The molecule has 2 amide bonds. The zero-order chi connectivity index (χ0) is 14.3. The molecule has 2 saturated heterocycles. The van der Waals surface area contributed by atoms with Crippen molar-refractivity contribution in [3.63, 3.8) is 0 Å². The van der Waals surface area contributed by atoms with E-state index in [0.717, 1.165) is 45.4 Å². The van der Waals surface area contributed by atoms with Crippen LogP contribution < -0.4 is 5.32 Å². The SMILES string of the molecule is CCN1CCC(CN2CC(=O)NC(C)(C3CC3)C2=O)C1. The molecule has 1 saturated carbocycles. The van der Waals surface area contributed by atoms with Crippen molar-refractivity contribution in [3.8, 4) is 0 Å². The van der Waals surface area contributed by atoms with E-state index in [-0.39, 0.29) is 18.4 Å². The first kappa shape index (κ1) is 13.9. The number of nitrogens with zero attached hydrogens (tertiary/aromatic N) is 2. The summed E-state index contributed by atoms with van der Waals surface area (Å²) >= 11 is 0. The van der Waals surface area contributed by atoms with Gasteiger partial charge in [0.2, 0.25) is 11.8 Å². The first-order valence-electron chi connectivity index (χ1n) is 7.85. The molecule has 3 fully saturated rings. The number of carbonyl (C=O) groups is 2. The molecule has 2 unspecified atom stereocenters. The van der Waals surface area contributed by atoms with Gasteiger partial charge in [-0.1, -0.05) is 6.92 Å². The van der Waals surface area contributed by atoms with E-state index in [0.29, 0.717) is 11.8 Å². The highest BCUT2D eigenvalue weighted by Gasteiger charge is 2.52. The van der Waals surface area contributed by atoms with Gasteiger partial charge in [-0.25, -0.2) is 0 Å². The van der Waals surface area contributed by atoms with E-state index in [1.165, 1.54) is 0 Å². The molecule has 2 aliphatic heterocycles. The fourth-order valence-electron chi connectivity index (χ4n) is 3.70. The van der Waals surface area contributed by atoms with Gasteiger partial charge in [0.15, 0.2) is 0 Å². The minimum Gasteiger partial charge on any atom is -0.340 e. The van der Waals surface area contributed by atoms with Gasteiger partial charge in [-0.05, 0) is 51.1 Å². The molecule has 0 bridgehead atoms. The monoisotopic (exact) mass is 279 g/mol. The molecule has 0 aromatic rings. The van der Waals surface area contributed by atoms with E-state index in [9.17, 15) is 9.59 Å². The van der Waals surface area contributed by atoms with Gasteiger partial charge in [-0.2, -0.15) is 0 Å². The Morgan fingerprint density at radius 1 is 1.30 bits per heavy atom. The second kappa shape index (κ2) is 5.02. The number of amides is 2. The highest BCUT2D eigenvalue weighted by molar-refractivity contribution is 5.98. The van der Waals surface area contributed by atoms with Crippen LogP contribution in [0, 0.1) is 11.8 Å². The molecule has 0 aromatic heterocycles. The average Bonchev–Trinajstić information content (AvgIpc) is 3.17. The maximum Gasteiger partial charge on any atom is 0.248 e. The summed E-state index contributed by atoms with van der Waals surface area (Å²) in [4.78, 5) is 28.9. The lowest BCUT2D eigenvalue weighted by Crippen LogP contribution is -2.66. The number of rotatable bonds is 4. The Bertz CT molecular complexity index is 421. The summed E-state index contributed by atoms with van der Waals surface area (Å²) in [6.07, 6.45) is 3.26. The molecule has 112 valence electrons. The third-order valence-electron chi connectivity index (χ3n) is 5.15. The number of carbonyl (C=O) groups excluding carboxylic acids is 2. The zero-order valence-electron chi connectivity index (χ0n) is 12.5. The third kappa shape index (κ3) is 2.43. The summed E-state index contributed by atoms with van der Waals surface area (Å²) in [6.45, 7) is 8.31. The normalized spacial score (nSPS) is 35.5. The van der Waals surface area contributed by atoms with Crippen molar-refractivity contribution < 1.29 is 9.59 Å². The van der Waals surface area contributed by atoms with Crippen LogP contribution in [-0.2, 0) is 9.59 Å². The van der Waals surface area contributed by atoms with Crippen molar-refractivity contribution in [3.05, 3.63) is 0 Å². The first-order valence-corrected chi connectivity index (χ1v) is 7.85. The van der Waals surface area contributed by atoms with Crippen LogP contribution in [0.25, 0.3) is 0 Å². The highest BCUT2D eigenvalue weighted by Crippen LogP contribution is 2.41. The Morgan fingerprint density at radius 2 is 2.05 bits per heavy atom. The van der Waals surface area contributed by atoms with Crippen molar-refractivity contribution in [2.45, 2.75) is 38.6 Å². The molecule has 2 atom stereocenters. The summed E-state index contributed by atoms with van der Waals surface area (Å²) in [5.74, 6) is 1.00. The van der Waals surface area contributed by atoms with Gasteiger partial charge in [0, 0.05) is 13.1 Å². The Hall–Kier alpha value is -1.10. The molecule has 5 nitrogen and oxygen atoms in total. The molecule has 0 radical (unpaired) electrons. The van der Waals surface area contributed by atoms with E-state index in [1.807, 2.05) is 6.92 Å². The van der Waals surface area contributed by atoms with Gasteiger partial charge in [-0.15, -0.1) is 0 Å². The van der Waals surface area contributed by atoms with Crippen molar-refractivity contribution in [2.75, 3.05) is 32.7 Å². The summed E-state index contributed by atoms with van der Waals surface area (Å²) in [7, 11) is 0. The molecular formula is C15H25N3O2. The summed E-state index contributed by atoms with van der Waals surface area (Å²) in [6, 6.07) is 0. The minimum absolute atomic E-state index is 0.00402. The maximum atomic E-state index is 12.7. The highest BCUT2D eigenvalue weighted by atomic mass is 16.2. The number of nitrogens with one attached hydrogen (secondary N) is 1. The summed E-state index contributed by atoms with van der Waals surface area (Å²) in [5, 5.41) is 2.94. The lowest BCUT2D eigenvalue weighted by Gasteiger charge is -2.41. The van der Waals surface area contributed by atoms with Crippen molar-refractivity contribution in [1.29, 1.82) is 0 Å². The van der Waals surface area contributed by atoms with Crippen molar-refractivity contribution in [2.24, 2.45) is 11.8 Å². The lowest BCUT2D eigenvalue weighted by molar-refractivity contribution is -0.150. The topological polar surface area (TPSA) is 52.6 Å². The maximum absolute atomic E-state index is 12.7. The smallest absolute Gasteiger partial charge is 0.248 e. The van der Waals surface area contributed by atoms with Gasteiger partial charge >= 0.3 is 0 Å². The van der Waals surface area contributed by atoms with Gasteiger partial charge in [0.05, 0.1) is 6.54 Å². The molecule has 3 aliphatic rings. The Morgan fingerprint density at radius 3 is 2.65 bits per heavy atom. The second-order valence-corrected chi connectivity index (χ2v) is 6.76.